The normalized spacial score (nSPS) is 11.2. The van der Waals surface area contributed by atoms with E-state index in [9.17, 15) is 18.8 Å². The third-order valence-electron chi connectivity index (χ3n) is 0.989. The molecule has 60 valence electrons. The topological polar surface area (TPSA) is 52.2 Å². The molecule has 0 spiro atoms. The van der Waals surface area contributed by atoms with Crippen LogP contribution >= 0.6 is 0 Å². The monoisotopic (exact) mass is 152 g/mol. The van der Waals surface area contributed by atoms with Crippen molar-refractivity contribution in [1.82, 2.24) is 5.48 Å². The predicted molar refractivity (Wildman–Crippen MR) is 31.4 cm³/mol. The molecule has 0 saturated carbocycles. The van der Waals surface area contributed by atoms with E-state index in [-0.39, 0.29) is 6.42 Å². The minimum Gasteiger partial charge on any atom is -0.759 e. The van der Waals surface area contributed by atoms with Gasteiger partial charge >= 0.3 is 5.92 Å². The van der Waals surface area contributed by atoms with Crippen molar-refractivity contribution in [3.05, 3.63) is 5.21 Å². The average molecular weight is 152 g/mol. The third-order valence-corrected chi connectivity index (χ3v) is 0.989. The van der Waals surface area contributed by atoms with E-state index in [0.717, 1.165) is 0 Å². The van der Waals surface area contributed by atoms with Gasteiger partial charge in [0.1, 0.15) is 0 Å². The summed E-state index contributed by atoms with van der Waals surface area (Å²) < 4.78 is 24.4. The molecular formula is C5H8F2NO2-. The number of alkyl halides is 2. The Morgan fingerprint density at radius 2 is 2.20 bits per heavy atom. The van der Waals surface area contributed by atoms with Gasteiger partial charge in [-0.1, -0.05) is 6.92 Å². The number of hydroxylamine groups is 1. The Hall–Kier alpha value is -0.710. The van der Waals surface area contributed by atoms with Crippen LogP contribution in [0.4, 0.5) is 8.78 Å². The highest BCUT2D eigenvalue weighted by molar-refractivity contribution is 5.83. The van der Waals surface area contributed by atoms with Crippen molar-refractivity contribution in [2.45, 2.75) is 25.7 Å². The van der Waals surface area contributed by atoms with E-state index in [1.165, 1.54) is 6.92 Å². The zero-order valence-electron chi connectivity index (χ0n) is 5.49. The lowest BCUT2D eigenvalue weighted by atomic mass is 10.2. The van der Waals surface area contributed by atoms with Crippen molar-refractivity contribution in [1.29, 1.82) is 0 Å². The molecule has 0 aliphatic rings. The molecule has 1 amide bonds. The molecule has 0 fully saturated rings. The van der Waals surface area contributed by atoms with Crippen LogP contribution in [0.5, 0.6) is 0 Å². The van der Waals surface area contributed by atoms with Gasteiger partial charge in [-0.2, -0.15) is 8.78 Å². The Morgan fingerprint density at radius 1 is 1.70 bits per heavy atom. The van der Waals surface area contributed by atoms with Crippen LogP contribution in [0, 0.1) is 5.21 Å². The van der Waals surface area contributed by atoms with E-state index in [0.29, 0.717) is 5.48 Å². The molecule has 1 N–H and O–H groups in total. The van der Waals surface area contributed by atoms with Crippen LogP contribution in [-0.4, -0.2) is 11.8 Å². The lowest BCUT2D eigenvalue weighted by Gasteiger charge is -2.16. The molecule has 5 heteroatoms. The summed E-state index contributed by atoms with van der Waals surface area (Å²) in [5, 5.41) is 9.47. The van der Waals surface area contributed by atoms with Crippen LogP contribution in [0.1, 0.15) is 19.8 Å². The van der Waals surface area contributed by atoms with Crippen molar-refractivity contribution in [2.24, 2.45) is 0 Å². The summed E-state index contributed by atoms with van der Waals surface area (Å²) in [6.45, 7) is 1.51. The second-order valence-corrected chi connectivity index (χ2v) is 1.89. The van der Waals surface area contributed by atoms with Crippen molar-refractivity contribution < 1.29 is 13.6 Å². The van der Waals surface area contributed by atoms with Crippen LogP contribution in [-0.2, 0) is 4.79 Å². The molecule has 0 unspecified atom stereocenters. The molecule has 0 aromatic rings. The first-order valence-electron chi connectivity index (χ1n) is 2.85. The Kier molecular flexibility index (Phi) is 3.21. The van der Waals surface area contributed by atoms with Gasteiger partial charge in [0.05, 0.1) is 0 Å². The Labute approximate surface area is 57.0 Å². The van der Waals surface area contributed by atoms with Gasteiger partial charge in [-0.3, -0.25) is 4.79 Å². The first kappa shape index (κ1) is 9.29. The number of rotatable bonds is 3. The number of carbonyl (C=O) groups excluding carboxylic acids is 1. The number of hydrogen-bond acceptors (Lipinski definition) is 2. The van der Waals surface area contributed by atoms with E-state index in [2.05, 4.69) is 0 Å². The summed E-state index contributed by atoms with van der Waals surface area (Å²) >= 11 is 0. The van der Waals surface area contributed by atoms with Crippen molar-refractivity contribution >= 4 is 5.91 Å². The molecule has 0 atom stereocenters. The van der Waals surface area contributed by atoms with Crippen molar-refractivity contribution in [2.75, 3.05) is 0 Å². The average Bonchev–Trinajstić information content (AvgIpc) is 1.86. The zero-order valence-corrected chi connectivity index (χ0v) is 5.49. The molecule has 0 aliphatic carbocycles. The molecule has 0 aromatic carbocycles. The summed E-state index contributed by atoms with van der Waals surface area (Å²) in [7, 11) is 0. The van der Waals surface area contributed by atoms with Gasteiger partial charge in [-0.25, -0.2) is 0 Å². The molecule has 0 bridgehead atoms. The van der Waals surface area contributed by atoms with Gasteiger partial charge < -0.3 is 10.7 Å². The second-order valence-electron chi connectivity index (χ2n) is 1.89. The van der Waals surface area contributed by atoms with Crippen LogP contribution < -0.4 is 5.48 Å². The SMILES string of the molecule is CCCC(F)(F)C(=O)N[O-]. The summed E-state index contributed by atoms with van der Waals surface area (Å²) in [6.07, 6.45) is -0.415. The van der Waals surface area contributed by atoms with Crippen LogP contribution in [0.25, 0.3) is 0 Å². The van der Waals surface area contributed by atoms with Crippen molar-refractivity contribution in [3.63, 3.8) is 0 Å². The van der Waals surface area contributed by atoms with E-state index in [4.69, 9.17) is 0 Å². The summed E-state index contributed by atoms with van der Waals surface area (Å²) in [6, 6.07) is 0. The summed E-state index contributed by atoms with van der Waals surface area (Å²) in [5.74, 6) is -5.26. The lowest BCUT2D eigenvalue weighted by molar-refractivity contribution is -0.145. The molecule has 0 aromatic heterocycles. The van der Waals surface area contributed by atoms with Crippen LogP contribution in [0.15, 0.2) is 0 Å². The fraction of sp³-hybridized carbons (Fsp3) is 0.800. The van der Waals surface area contributed by atoms with Gasteiger partial charge in [0.2, 0.25) is 0 Å². The van der Waals surface area contributed by atoms with Gasteiger partial charge in [0.15, 0.2) is 0 Å². The van der Waals surface area contributed by atoms with E-state index in [1.807, 2.05) is 0 Å². The Morgan fingerprint density at radius 3 is 2.50 bits per heavy atom. The number of nitrogens with one attached hydrogen (secondary N) is 1. The summed E-state index contributed by atoms with van der Waals surface area (Å²) in [4.78, 5) is 10.0. The van der Waals surface area contributed by atoms with Gasteiger partial charge in [-0.15, -0.1) is 0 Å². The molecule has 0 radical (unpaired) electrons. The smallest absolute Gasteiger partial charge is 0.323 e. The largest absolute Gasteiger partial charge is 0.759 e. The standard InChI is InChI=1S/C5H8F2NO2/c1-2-3-5(6,7)4(9)8-10/h2-3H2,1H3,(H-,8,9,10)/q-1. The van der Waals surface area contributed by atoms with Gasteiger partial charge in [0, 0.05) is 6.42 Å². The van der Waals surface area contributed by atoms with Crippen LogP contribution in [0.3, 0.4) is 0 Å². The quantitative estimate of drug-likeness (QED) is 0.614. The Bertz CT molecular complexity index is 127. The fourth-order valence-corrected chi connectivity index (χ4v) is 0.502. The summed E-state index contributed by atoms with van der Waals surface area (Å²) in [5.41, 5.74) is 0.651. The maximum absolute atomic E-state index is 12.2. The van der Waals surface area contributed by atoms with E-state index < -0.39 is 18.3 Å². The number of carbonyl (C=O) groups is 1. The highest BCUT2D eigenvalue weighted by Crippen LogP contribution is 2.19. The molecule has 3 nitrogen and oxygen atoms in total. The van der Waals surface area contributed by atoms with Crippen molar-refractivity contribution in [3.8, 4) is 0 Å². The molecule has 10 heavy (non-hydrogen) atoms. The zero-order chi connectivity index (χ0) is 8.20. The van der Waals surface area contributed by atoms with E-state index >= 15 is 0 Å². The minimum absolute atomic E-state index is 0.167. The molecule has 0 saturated heterocycles. The van der Waals surface area contributed by atoms with Gasteiger partial charge in [-0.05, 0) is 6.42 Å². The molecule has 0 rings (SSSR count). The molecular weight excluding hydrogens is 144 g/mol. The molecule has 0 aliphatic heterocycles. The second kappa shape index (κ2) is 3.46. The lowest BCUT2D eigenvalue weighted by Crippen LogP contribution is -2.36. The highest BCUT2D eigenvalue weighted by atomic mass is 19.3. The Balaban J connectivity index is 3.96. The molecule has 0 heterocycles. The number of hydrogen-bond donors (Lipinski definition) is 1. The number of halogens is 2. The predicted octanol–water partition coefficient (Wildman–Crippen LogP) is 1.04. The first-order chi connectivity index (χ1) is 4.54. The van der Waals surface area contributed by atoms with Crippen LogP contribution in [0.2, 0.25) is 0 Å². The minimum atomic E-state index is -3.50. The first-order valence-corrected chi connectivity index (χ1v) is 2.85. The third kappa shape index (κ3) is 2.26. The van der Waals surface area contributed by atoms with E-state index in [1.54, 1.807) is 0 Å². The highest BCUT2D eigenvalue weighted by Gasteiger charge is 2.35. The number of amides is 1. The fourth-order valence-electron chi connectivity index (χ4n) is 0.502. The van der Waals surface area contributed by atoms with Gasteiger partial charge in [0.25, 0.3) is 5.91 Å². The maximum Gasteiger partial charge on any atom is 0.323 e. The maximum atomic E-state index is 12.2.